The molecule has 0 bridgehead atoms. The van der Waals surface area contributed by atoms with Crippen molar-refractivity contribution in [3.05, 3.63) is 59.5 Å². The van der Waals surface area contributed by atoms with Gasteiger partial charge in [0, 0.05) is 43.0 Å². The molecule has 29 heavy (non-hydrogen) atoms. The number of carbonyl (C=O) groups is 1. The van der Waals surface area contributed by atoms with Gasteiger partial charge in [0.05, 0.1) is 5.75 Å². The number of nitrogens with zero attached hydrogens (tertiary/aromatic N) is 2. The van der Waals surface area contributed by atoms with Crippen LogP contribution in [-0.2, 0) is 22.1 Å². The molecule has 0 saturated carbocycles. The van der Waals surface area contributed by atoms with Gasteiger partial charge in [0.15, 0.2) is 15.6 Å². The molecule has 2 aromatic heterocycles. The Labute approximate surface area is 169 Å². The molecule has 8 heteroatoms. The molecule has 0 aliphatic carbocycles. The molecule has 4 rings (SSSR count). The summed E-state index contributed by atoms with van der Waals surface area (Å²) >= 11 is 0. The van der Waals surface area contributed by atoms with Crippen molar-refractivity contribution < 1.29 is 17.6 Å². The molecule has 1 aromatic carbocycles. The van der Waals surface area contributed by atoms with E-state index in [9.17, 15) is 13.2 Å². The number of furan rings is 1. The first-order chi connectivity index (χ1) is 13.9. The second kappa shape index (κ2) is 7.87. The number of anilines is 1. The van der Waals surface area contributed by atoms with E-state index in [1.165, 1.54) is 12.8 Å². The van der Waals surface area contributed by atoms with E-state index in [1.54, 1.807) is 30.5 Å². The molecule has 7 nitrogen and oxygen atoms in total. The molecule has 3 aromatic rings. The highest BCUT2D eigenvalue weighted by atomic mass is 32.2. The molecule has 0 spiro atoms. The molecule has 1 N–H and O–H groups in total. The van der Waals surface area contributed by atoms with Gasteiger partial charge in [-0.25, -0.2) is 13.4 Å². The molecule has 1 fully saturated rings. The summed E-state index contributed by atoms with van der Waals surface area (Å²) in [5.74, 6) is 0.297. The third kappa shape index (κ3) is 4.42. The van der Waals surface area contributed by atoms with Gasteiger partial charge in [0.25, 0.3) is 5.91 Å². The van der Waals surface area contributed by atoms with Crippen LogP contribution in [0.15, 0.2) is 47.0 Å². The number of aromatic nitrogens is 1. The van der Waals surface area contributed by atoms with Gasteiger partial charge in [-0.3, -0.25) is 4.79 Å². The van der Waals surface area contributed by atoms with Gasteiger partial charge in [-0.05, 0) is 30.5 Å². The first-order valence-corrected chi connectivity index (χ1v) is 11.6. The SMILES string of the molecule is CS(=O)(=O)Cc1c(C(=O)NCc2ccc(N3CCCC3)nc2)oc2ccccc12. The second-order valence-corrected chi connectivity index (χ2v) is 9.52. The van der Waals surface area contributed by atoms with E-state index < -0.39 is 15.7 Å². The van der Waals surface area contributed by atoms with Gasteiger partial charge >= 0.3 is 0 Å². The Morgan fingerprint density at radius 3 is 2.62 bits per heavy atom. The number of fused-ring (bicyclic) bond motifs is 1. The summed E-state index contributed by atoms with van der Waals surface area (Å²) in [5, 5.41) is 3.45. The number of rotatable bonds is 6. The molecule has 0 unspecified atom stereocenters. The lowest BCUT2D eigenvalue weighted by atomic mass is 10.1. The van der Waals surface area contributed by atoms with Gasteiger partial charge in [-0.1, -0.05) is 24.3 Å². The fraction of sp³-hybridized carbons (Fsp3) is 0.333. The summed E-state index contributed by atoms with van der Waals surface area (Å²) in [5.41, 5.74) is 1.75. The maximum absolute atomic E-state index is 12.7. The number of pyridine rings is 1. The number of carbonyl (C=O) groups excluding carboxylic acids is 1. The Bertz CT molecular complexity index is 1130. The molecule has 3 heterocycles. The summed E-state index contributed by atoms with van der Waals surface area (Å²) < 4.78 is 29.4. The lowest BCUT2D eigenvalue weighted by Gasteiger charge is -2.16. The highest BCUT2D eigenvalue weighted by molar-refractivity contribution is 7.89. The van der Waals surface area contributed by atoms with Crippen LogP contribution in [0.5, 0.6) is 0 Å². The summed E-state index contributed by atoms with van der Waals surface area (Å²) in [6.45, 7) is 2.33. The molecular formula is C21H23N3O4S. The maximum atomic E-state index is 12.7. The zero-order chi connectivity index (χ0) is 20.4. The molecule has 0 atom stereocenters. The van der Waals surface area contributed by atoms with Gasteiger partial charge < -0.3 is 14.6 Å². The van der Waals surface area contributed by atoms with Crippen LogP contribution in [0, 0.1) is 0 Å². The van der Waals surface area contributed by atoms with E-state index in [0.717, 1.165) is 30.7 Å². The van der Waals surface area contributed by atoms with Crippen LogP contribution in [0.1, 0.15) is 34.5 Å². The molecule has 1 aliphatic heterocycles. The first kappa shape index (κ1) is 19.4. The van der Waals surface area contributed by atoms with Crippen molar-refractivity contribution in [3.63, 3.8) is 0 Å². The van der Waals surface area contributed by atoms with Crippen LogP contribution in [-0.4, -0.2) is 38.7 Å². The zero-order valence-corrected chi connectivity index (χ0v) is 17.0. The number of hydrogen-bond acceptors (Lipinski definition) is 6. The molecule has 1 aliphatic rings. The predicted octanol–water partition coefficient (Wildman–Crippen LogP) is 2.90. The van der Waals surface area contributed by atoms with Crippen molar-refractivity contribution in [2.45, 2.75) is 25.1 Å². The lowest BCUT2D eigenvalue weighted by molar-refractivity contribution is 0.0924. The van der Waals surface area contributed by atoms with Crippen LogP contribution in [0.2, 0.25) is 0 Å². The molecule has 152 valence electrons. The van der Waals surface area contributed by atoms with Crippen molar-refractivity contribution in [2.24, 2.45) is 0 Å². The topological polar surface area (TPSA) is 92.5 Å². The average molecular weight is 413 g/mol. The predicted molar refractivity (Wildman–Crippen MR) is 112 cm³/mol. The van der Waals surface area contributed by atoms with Crippen molar-refractivity contribution in [1.29, 1.82) is 0 Å². The van der Waals surface area contributed by atoms with Crippen LogP contribution in [0.4, 0.5) is 5.82 Å². The maximum Gasteiger partial charge on any atom is 0.287 e. The van der Waals surface area contributed by atoms with E-state index in [-0.39, 0.29) is 18.1 Å². The van der Waals surface area contributed by atoms with Gasteiger partial charge in [-0.15, -0.1) is 0 Å². The number of para-hydroxylation sites is 1. The quantitative estimate of drug-likeness (QED) is 0.668. The molecule has 0 radical (unpaired) electrons. The smallest absolute Gasteiger partial charge is 0.287 e. The number of sulfone groups is 1. The van der Waals surface area contributed by atoms with Crippen molar-refractivity contribution >= 4 is 32.5 Å². The van der Waals surface area contributed by atoms with Gasteiger partial charge in [0.2, 0.25) is 0 Å². The normalized spacial score (nSPS) is 14.4. The number of nitrogens with one attached hydrogen (secondary N) is 1. The number of benzene rings is 1. The Balaban J connectivity index is 1.51. The van der Waals surface area contributed by atoms with E-state index in [0.29, 0.717) is 16.5 Å². The molecule has 1 amide bonds. The molecular weight excluding hydrogens is 390 g/mol. The summed E-state index contributed by atoms with van der Waals surface area (Å²) in [6.07, 6.45) is 5.27. The summed E-state index contributed by atoms with van der Waals surface area (Å²) in [7, 11) is -3.33. The summed E-state index contributed by atoms with van der Waals surface area (Å²) in [6, 6.07) is 11.0. The minimum absolute atomic E-state index is 0.0401. The van der Waals surface area contributed by atoms with Crippen LogP contribution in [0.25, 0.3) is 11.0 Å². The lowest BCUT2D eigenvalue weighted by Crippen LogP contribution is -2.24. The Morgan fingerprint density at radius 2 is 1.93 bits per heavy atom. The first-order valence-electron chi connectivity index (χ1n) is 9.57. The van der Waals surface area contributed by atoms with E-state index in [2.05, 4.69) is 15.2 Å². The summed E-state index contributed by atoms with van der Waals surface area (Å²) in [4.78, 5) is 19.5. The highest BCUT2D eigenvalue weighted by Gasteiger charge is 2.23. The number of hydrogen-bond donors (Lipinski definition) is 1. The van der Waals surface area contributed by atoms with Crippen molar-refractivity contribution in [2.75, 3.05) is 24.2 Å². The van der Waals surface area contributed by atoms with Gasteiger partial charge in [0.1, 0.15) is 11.4 Å². The fourth-order valence-corrected chi connectivity index (χ4v) is 4.42. The number of amides is 1. The van der Waals surface area contributed by atoms with Crippen molar-refractivity contribution in [1.82, 2.24) is 10.3 Å². The fourth-order valence-electron chi connectivity index (χ4n) is 3.60. The Hall–Kier alpha value is -2.87. The third-order valence-electron chi connectivity index (χ3n) is 5.00. The van der Waals surface area contributed by atoms with Crippen LogP contribution < -0.4 is 10.2 Å². The minimum atomic E-state index is -3.33. The van der Waals surface area contributed by atoms with Crippen LogP contribution >= 0.6 is 0 Å². The largest absolute Gasteiger partial charge is 0.451 e. The van der Waals surface area contributed by atoms with E-state index in [4.69, 9.17) is 4.42 Å². The Kier molecular flexibility index (Phi) is 5.27. The monoisotopic (exact) mass is 413 g/mol. The molecule has 1 saturated heterocycles. The second-order valence-electron chi connectivity index (χ2n) is 7.38. The van der Waals surface area contributed by atoms with Crippen molar-refractivity contribution in [3.8, 4) is 0 Å². The standard InChI is InChI=1S/C21H23N3O4S/c1-29(26,27)14-17-16-6-2-3-7-18(16)28-20(17)21(25)23-13-15-8-9-19(22-12-15)24-10-4-5-11-24/h2-3,6-9,12H,4-5,10-11,13-14H2,1H3,(H,23,25). The third-order valence-corrected chi connectivity index (χ3v) is 5.82. The Morgan fingerprint density at radius 1 is 1.17 bits per heavy atom. The minimum Gasteiger partial charge on any atom is -0.451 e. The average Bonchev–Trinajstić information content (AvgIpc) is 3.34. The zero-order valence-electron chi connectivity index (χ0n) is 16.2. The van der Waals surface area contributed by atoms with Crippen LogP contribution in [0.3, 0.4) is 0 Å². The van der Waals surface area contributed by atoms with E-state index >= 15 is 0 Å². The highest BCUT2D eigenvalue weighted by Crippen LogP contribution is 2.27. The van der Waals surface area contributed by atoms with Gasteiger partial charge in [-0.2, -0.15) is 0 Å². The van der Waals surface area contributed by atoms with E-state index in [1.807, 2.05) is 12.1 Å².